The molecule has 1 aromatic rings. The van der Waals surface area contributed by atoms with Crippen LogP contribution in [0.2, 0.25) is 5.02 Å². The van der Waals surface area contributed by atoms with Crippen molar-refractivity contribution < 1.29 is 14.5 Å². The molecule has 0 atom stereocenters. The SMILES string of the molecule is CC(=O)Nc1cc(N2CCOCC2)c([N+](=O)[O-])cc1Cl. The van der Waals surface area contributed by atoms with Crippen molar-refractivity contribution in [1.82, 2.24) is 0 Å². The minimum atomic E-state index is -0.478. The third kappa shape index (κ3) is 3.17. The minimum absolute atomic E-state index is 0.0778. The normalized spacial score (nSPS) is 15.0. The third-order valence-electron chi connectivity index (χ3n) is 2.92. The molecule has 8 heteroatoms. The van der Waals surface area contributed by atoms with Crippen molar-refractivity contribution in [3.05, 3.63) is 27.3 Å². The standard InChI is InChI=1S/C12H14ClN3O4/c1-8(17)14-10-7-11(15-2-4-20-5-3-15)12(16(18)19)6-9(10)13/h6-7H,2-5H2,1H3,(H,14,17). The molecule has 1 saturated heterocycles. The Morgan fingerprint density at radius 2 is 2.10 bits per heavy atom. The van der Waals surface area contributed by atoms with Crippen molar-refractivity contribution in [2.24, 2.45) is 0 Å². The number of nitrogens with zero attached hydrogens (tertiary/aromatic N) is 2. The Morgan fingerprint density at radius 3 is 2.65 bits per heavy atom. The second kappa shape index (κ2) is 6.06. The van der Waals surface area contributed by atoms with Crippen molar-refractivity contribution >= 4 is 34.6 Å². The van der Waals surface area contributed by atoms with Crippen LogP contribution in [0.1, 0.15) is 6.92 Å². The van der Waals surface area contributed by atoms with Gasteiger partial charge in [0, 0.05) is 26.1 Å². The smallest absolute Gasteiger partial charge is 0.294 e. The Kier molecular flexibility index (Phi) is 4.41. The van der Waals surface area contributed by atoms with Gasteiger partial charge in [-0.2, -0.15) is 0 Å². The van der Waals surface area contributed by atoms with Crippen LogP contribution in [-0.2, 0) is 9.53 Å². The third-order valence-corrected chi connectivity index (χ3v) is 3.24. The Balaban J connectivity index is 2.44. The lowest BCUT2D eigenvalue weighted by atomic mass is 10.2. The summed E-state index contributed by atoms with van der Waals surface area (Å²) in [4.78, 5) is 23.7. The second-order valence-corrected chi connectivity index (χ2v) is 4.77. The van der Waals surface area contributed by atoms with Crippen molar-refractivity contribution in [2.75, 3.05) is 36.5 Å². The minimum Gasteiger partial charge on any atom is -0.378 e. The number of benzene rings is 1. The molecule has 0 aromatic heterocycles. The predicted molar refractivity (Wildman–Crippen MR) is 75.4 cm³/mol. The molecule has 1 amide bonds. The van der Waals surface area contributed by atoms with Crippen molar-refractivity contribution in [1.29, 1.82) is 0 Å². The summed E-state index contributed by atoms with van der Waals surface area (Å²) in [6.07, 6.45) is 0. The number of amides is 1. The van der Waals surface area contributed by atoms with E-state index < -0.39 is 4.92 Å². The largest absolute Gasteiger partial charge is 0.378 e. The number of carbonyl (C=O) groups excluding carboxylic acids is 1. The van der Waals surface area contributed by atoms with Gasteiger partial charge >= 0.3 is 0 Å². The fourth-order valence-corrected chi connectivity index (χ4v) is 2.25. The molecule has 1 aliphatic rings. The maximum atomic E-state index is 11.2. The molecule has 1 aromatic carbocycles. The van der Waals surface area contributed by atoms with E-state index in [0.29, 0.717) is 37.7 Å². The zero-order valence-electron chi connectivity index (χ0n) is 10.9. The highest BCUT2D eigenvalue weighted by atomic mass is 35.5. The summed E-state index contributed by atoms with van der Waals surface area (Å²) in [5.41, 5.74) is 0.726. The first kappa shape index (κ1) is 14.5. The van der Waals surface area contributed by atoms with Crippen LogP contribution < -0.4 is 10.2 Å². The van der Waals surface area contributed by atoms with E-state index in [4.69, 9.17) is 16.3 Å². The number of ether oxygens (including phenoxy) is 1. The Labute approximate surface area is 120 Å². The highest BCUT2D eigenvalue weighted by Gasteiger charge is 2.24. The molecule has 0 saturated carbocycles. The van der Waals surface area contributed by atoms with E-state index in [1.165, 1.54) is 19.1 Å². The van der Waals surface area contributed by atoms with Crippen LogP contribution in [0.5, 0.6) is 0 Å². The zero-order valence-corrected chi connectivity index (χ0v) is 11.6. The maximum Gasteiger partial charge on any atom is 0.294 e. The molecule has 0 radical (unpaired) electrons. The maximum absolute atomic E-state index is 11.2. The fraction of sp³-hybridized carbons (Fsp3) is 0.417. The first-order chi connectivity index (χ1) is 9.49. The van der Waals surface area contributed by atoms with Crippen LogP contribution >= 0.6 is 11.6 Å². The number of nitro benzene ring substituents is 1. The van der Waals surface area contributed by atoms with Gasteiger partial charge in [-0.15, -0.1) is 0 Å². The van der Waals surface area contributed by atoms with Crippen LogP contribution in [0, 0.1) is 10.1 Å². The van der Waals surface area contributed by atoms with Crippen molar-refractivity contribution in [2.45, 2.75) is 6.92 Å². The van der Waals surface area contributed by atoms with Gasteiger partial charge in [0.05, 0.1) is 28.8 Å². The summed E-state index contributed by atoms with van der Waals surface area (Å²) >= 11 is 5.97. The molecule has 1 fully saturated rings. The van der Waals surface area contributed by atoms with Gasteiger partial charge in [0.25, 0.3) is 5.69 Å². The molecule has 0 unspecified atom stereocenters. The Morgan fingerprint density at radius 1 is 1.45 bits per heavy atom. The molecule has 7 nitrogen and oxygen atoms in total. The van der Waals surface area contributed by atoms with Gasteiger partial charge in [0.1, 0.15) is 5.69 Å². The number of anilines is 2. The summed E-state index contributed by atoms with van der Waals surface area (Å²) < 4.78 is 5.23. The number of nitrogens with one attached hydrogen (secondary N) is 1. The van der Waals surface area contributed by atoms with Gasteiger partial charge in [-0.1, -0.05) is 11.6 Å². The van der Waals surface area contributed by atoms with Crippen molar-refractivity contribution in [3.8, 4) is 0 Å². The summed E-state index contributed by atoms with van der Waals surface area (Å²) in [5.74, 6) is -0.284. The van der Waals surface area contributed by atoms with E-state index in [0.717, 1.165) is 0 Å². The summed E-state index contributed by atoms with van der Waals surface area (Å²) in [7, 11) is 0. The molecule has 0 aliphatic carbocycles. The number of halogens is 1. The molecule has 20 heavy (non-hydrogen) atoms. The summed E-state index contributed by atoms with van der Waals surface area (Å²) in [6, 6.07) is 2.80. The summed E-state index contributed by atoms with van der Waals surface area (Å²) in [6.45, 7) is 3.49. The van der Waals surface area contributed by atoms with Crippen LogP contribution in [0.25, 0.3) is 0 Å². The average Bonchev–Trinajstić information content (AvgIpc) is 2.41. The van der Waals surface area contributed by atoms with E-state index in [2.05, 4.69) is 5.32 Å². The number of hydrogen-bond acceptors (Lipinski definition) is 5. The monoisotopic (exact) mass is 299 g/mol. The second-order valence-electron chi connectivity index (χ2n) is 4.36. The van der Waals surface area contributed by atoms with Gasteiger partial charge < -0.3 is 15.0 Å². The molecule has 1 N–H and O–H groups in total. The molecule has 1 heterocycles. The molecule has 2 rings (SSSR count). The van der Waals surface area contributed by atoms with Crippen molar-refractivity contribution in [3.63, 3.8) is 0 Å². The number of nitro groups is 1. The van der Waals surface area contributed by atoms with Crippen LogP contribution in [0.15, 0.2) is 12.1 Å². The number of carbonyl (C=O) groups is 1. The Bertz CT molecular complexity index is 544. The quantitative estimate of drug-likeness (QED) is 0.682. The predicted octanol–water partition coefficient (Wildman–Crippen LogP) is 2.04. The number of rotatable bonds is 3. The lowest BCUT2D eigenvalue weighted by Gasteiger charge is -2.28. The summed E-state index contributed by atoms with van der Waals surface area (Å²) in [5, 5.41) is 13.9. The lowest BCUT2D eigenvalue weighted by Crippen LogP contribution is -2.36. The van der Waals surface area contributed by atoms with E-state index in [1.54, 1.807) is 0 Å². The van der Waals surface area contributed by atoms with E-state index in [1.807, 2.05) is 4.90 Å². The first-order valence-electron chi connectivity index (χ1n) is 6.07. The Hall–Kier alpha value is -1.86. The fourth-order valence-electron chi connectivity index (χ4n) is 2.04. The van der Waals surface area contributed by atoms with Crippen LogP contribution in [0.3, 0.4) is 0 Å². The molecular weight excluding hydrogens is 286 g/mol. The van der Waals surface area contributed by atoms with Gasteiger partial charge in [-0.3, -0.25) is 14.9 Å². The first-order valence-corrected chi connectivity index (χ1v) is 6.45. The molecule has 108 valence electrons. The van der Waals surface area contributed by atoms with Gasteiger partial charge in [0.2, 0.25) is 5.91 Å². The van der Waals surface area contributed by atoms with Gasteiger partial charge in [-0.05, 0) is 6.07 Å². The van der Waals surface area contributed by atoms with E-state index in [9.17, 15) is 14.9 Å². The highest BCUT2D eigenvalue weighted by molar-refractivity contribution is 6.34. The highest BCUT2D eigenvalue weighted by Crippen LogP contribution is 2.36. The van der Waals surface area contributed by atoms with E-state index >= 15 is 0 Å². The van der Waals surface area contributed by atoms with Gasteiger partial charge in [0.15, 0.2) is 0 Å². The number of hydrogen-bond donors (Lipinski definition) is 1. The molecule has 0 spiro atoms. The lowest BCUT2D eigenvalue weighted by molar-refractivity contribution is -0.384. The zero-order chi connectivity index (χ0) is 14.7. The average molecular weight is 300 g/mol. The topological polar surface area (TPSA) is 84.7 Å². The van der Waals surface area contributed by atoms with E-state index in [-0.39, 0.29) is 16.6 Å². The van der Waals surface area contributed by atoms with Crippen LogP contribution in [-0.4, -0.2) is 37.1 Å². The molecular formula is C12H14ClN3O4. The molecule has 1 aliphatic heterocycles. The van der Waals surface area contributed by atoms with Crippen LogP contribution in [0.4, 0.5) is 17.1 Å². The molecule has 0 bridgehead atoms. The van der Waals surface area contributed by atoms with Gasteiger partial charge in [-0.25, -0.2) is 0 Å². The number of morpholine rings is 1.